The van der Waals surface area contributed by atoms with Crippen molar-refractivity contribution >= 4 is 7.44 Å². The molecule has 1 heterocycles. The summed E-state index contributed by atoms with van der Waals surface area (Å²) in [6.07, 6.45) is 6.31. The summed E-state index contributed by atoms with van der Waals surface area (Å²) < 4.78 is 24.6. The highest BCUT2D eigenvalue weighted by Crippen LogP contribution is 2.59. The van der Waals surface area contributed by atoms with Crippen molar-refractivity contribution in [3.63, 3.8) is 0 Å². The van der Waals surface area contributed by atoms with Gasteiger partial charge in [0.2, 0.25) is 7.44 Å². The van der Waals surface area contributed by atoms with E-state index in [1.165, 1.54) is 11.1 Å². The Morgan fingerprint density at radius 1 is 0.931 bits per heavy atom. The van der Waals surface area contributed by atoms with Gasteiger partial charge < -0.3 is 4.74 Å². The first kappa shape index (κ1) is 21.6. The van der Waals surface area contributed by atoms with Crippen molar-refractivity contribution in [3.8, 4) is 0 Å². The van der Waals surface area contributed by atoms with Crippen molar-refractivity contribution in [1.29, 1.82) is 0 Å². The summed E-state index contributed by atoms with van der Waals surface area (Å²) in [4.78, 5) is 0. The fourth-order valence-corrected chi connectivity index (χ4v) is 6.57. The SMILES string of the molecule is C/C=C\CO/C(=C/C)CP1(=O)N(Cc2ccccc2)CCN1Cc1ccccc1. The van der Waals surface area contributed by atoms with Gasteiger partial charge in [0.15, 0.2) is 0 Å². The maximum atomic E-state index is 14.4. The topological polar surface area (TPSA) is 32.8 Å². The van der Waals surface area contributed by atoms with Gasteiger partial charge >= 0.3 is 0 Å². The predicted octanol–water partition coefficient (Wildman–Crippen LogP) is 5.69. The van der Waals surface area contributed by atoms with Gasteiger partial charge in [0.1, 0.15) is 12.4 Å². The van der Waals surface area contributed by atoms with E-state index >= 15 is 0 Å². The van der Waals surface area contributed by atoms with Crippen LogP contribution in [0.2, 0.25) is 0 Å². The van der Waals surface area contributed by atoms with Gasteiger partial charge in [-0.3, -0.25) is 4.57 Å². The van der Waals surface area contributed by atoms with Crippen molar-refractivity contribution in [1.82, 2.24) is 9.34 Å². The van der Waals surface area contributed by atoms with E-state index in [0.29, 0.717) is 25.9 Å². The minimum absolute atomic E-state index is 0.431. The Morgan fingerprint density at radius 3 is 1.90 bits per heavy atom. The molecule has 2 aromatic rings. The molecule has 0 spiro atoms. The van der Waals surface area contributed by atoms with E-state index in [1.807, 2.05) is 68.5 Å². The molecule has 0 radical (unpaired) electrons. The third-order valence-corrected chi connectivity index (χ3v) is 8.37. The van der Waals surface area contributed by atoms with Crippen molar-refractivity contribution < 1.29 is 9.30 Å². The van der Waals surface area contributed by atoms with E-state index in [-0.39, 0.29) is 0 Å². The standard InChI is InChI=1S/C24H31N2O2P/c1-3-5-18-28-24(4-2)21-29(27)25(19-22-12-8-6-9-13-22)16-17-26(29)20-23-14-10-7-11-15-23/h3-15H,16-21H2,1-2H3/b5-3-,24-4+. The molecule has 0 atom stereocenters. The Kier molecular flexibility index (Phi) is 7.88. The van der Waals surface area contributed by atoms with Crippen LogP contribution in [0.5, 0.6) is 0 Å². The molecule has 1 aliphatic rings. The van der Waals surface area contributed by atoms with Crippen LogP contribution in [-0.2, 0) is 22.4 Å². The highest BCUT2D eigenvalue weighted by molar-refractivity contribution is 7.59. The van der Waals surface area contributed by atoms with E-state index in [9.17, 15) is 4.57 Å². The van der Waals surface area contributed by atoms with Gasteiger partial charge in [0, 0.05) is 26.2 Å². The molecular weight excluding hydrogens is 379 g/mol. The van der Waals surface area contributed by atoms with Crippen molar-refractivity contribution in [3.05, 3.63) is 95.8 Å². The lowest BCUT2D eigenvalue weighted by Gasteiger charge is -2.31. The summed E-state index contributed by atoms with van der Waals surface area (Å²) in [6, 6.07) is 20.6. The van der Waals surface area contributed by atoms with Crippen LogP contribution in [0.15, 0.2) is 84.7 Å². The first-order valence-electron chi connectivity index (χ1n) is 10.2. The lowest BCUT2D eigenvalue weighted by molar-refractivity contribution is 0.247. The van der Waals surface area contributed by atoms with Gasteiger partial charge in [-0.15, -0.1) is 0 Å². The Balaban J connectivity index is 1.82. The van der Waals surface area contributed by atoms with Crippen LogP contribution >= 0.6 is 7.44 Å². The van der Waals surface area contributed by atoms with Gasteiger partial charge in [0.25, 0.3) is 0 Å². The van der Waals surface area contributed by atoms with Crippen LogP contribution in [0.1, 0.15) is 25.0 Å². The molecule has 29 heavy (non-hydrogen) atoms. The Labute approximate surface area is 175 Å². The monoisotopic (exact) mass is 410 g/mol. The zero-order valence-electron chi connectivity index (χ0n) is 17.4. The molecule has 0 N–H and O–H groups in total. The second kappa shape index (κ2) is 10.6. The van der Waals surface area contributed by atoms with Crippen LogP contribution in [0, 0.1) is 0 Å². The van der Waals surface area contributed by atoms with Crippen molar-refractivity contribution in [2.75, 3.05) is 25.9 Å². The minimum atomic E-state index is -2.79. The van der Waals surface area contributed by atoms with E-state index in [4.69, 9.17) is 4.74 Å². The molecule has 2 aromatic carbocycles. The third-order valence-electron chi connectivity index (χ3n) is 5.20. The average molecular weight is 410 g/mol. The van der Waals surface area contributed by atoms with Gasteiger partial charge in [-0.25, -0.2) is 9.34 Å². The molecule has 3 rings (SSSR count). The molecule has 0 aromatic heterocycles. The first-order valence-corrected chi connectivity index (χ1v) is 12.0. The summed E-state index contributed by atoms with van der Waals surface area (Å²) in [5.41, 5.74) is 2.37. The minimum Gasteiger partial charge on any atom is -0.494 e. The van der Waals surface area contributed by atoms with E-state index < -0.39 is 7.44 Å². The maximum Gasteiger partial charge on any atom is 0.224 e. The molecule has 0 saturated carbocycles. The number of hydrogen-bond donors (Lipinski definition) is 0. The summed E-state index contributed by atoms with van der Waals surface area (Å²) in [5, 5.41) is 0. The van der Waals surface area contributed by atoms with E-state index in [0.717, 1.165) is 18.8 Å². The average Bonchev–Trinajstić information content (AvgIpc) is 3.04. The summed E-state index contributed by atoms with van der Waals surface area (Å²) in [5.74, 6) is 0.796. The highest BCUT2D eigenvalue weighted by atomic mass is 31.2. The van der Waals surface area contributed by atoms with Crippen LogP contribution in [-0.4, -0.2) is 35.2 Å². The molecule has 5 heteroatoms. The maximum absolute atomic E-state index is 14.4. The number of benzene rings is 2. The lowest BCUT2D eigenvalue weighted by Crippen LogP contribution is -2.23. The van der Waals surface area contributed by atoms with E-state index in [1.54, 1.807) is 0 Å². The third kappa shape index (κ3) is 5.70. The Morgan fingerprint density at radius 2 is 1.45 bits per heavy atom. The summed E-state index contributed by atoms with van der Waals surface area (Å²) in [6.45, 7) is 7.41. The van der Waals surface area contributed by atoms with Crippen LogP contribution < -0.4 is 0 Å². The fraction of sp³-hybridized carbons (Fsp3) is 0.333. The van der Waals surface area contributed by atoms with Gasteiger partial charge in [-0.1, -0.05) is 72.8 Å². The number of allylic oxidation sites excluding steroid dienone is 3. The van der Waals surface area contributed by atoms with Crippen LogP contribution in [0.3, 0.4) is 0 Å². The highest BCUT2D eigenvalue weighted by Gasteiger charge is 2.43. The smallest absolute Gasteiger partial charge is 0.224 e. The summed E-state index contributed by atoms with van der Waals surface area (Å²) >= 11 is 0. The lowest BCUT2D eigenvalue weighted by atomic mass is 10.2. The molecule has 0 aliphatic carbocycles. The first-order chi connectivity index (χ1) is 14.2. The molecule has 0 amide bonds. The molecule has 0 unspecified atom stereocenters. The quantitative estimate of drug-likeness (QED) is 0.302. The molecule has 4 nitrogen and oxygen atoms in total. The Hall–Kier alpha value is -2.13. The number of ether oxygens (including phenoxy) is 1. The van der Waals surface area contributed by atoms with Gasteiger partial charge in [-0.05, 0) is 31.1 Å². The second-order valence-electron chi connectivity index (χ2n) is 7.21. The van der Waals surface area contributed by atoms with E-state index in [2.05, 4.69) is 33.6 Å². The molecular formula is C24H31N2O2P. The van der Waals surface area contributed by atoms with Crippen molar-refractivity contribution in [2.45, 2.75) is 26.9 Å². The molecule has 1 saturated heterocycles. The van der Waals surface area contributed by atoms with Crippen LogP contribution in [0.4, 0.5) is 0 Å². The van der Waals surface area contributed by atoms with Gasteiger partial charge in [0.05, 0.1) is 6.16 Å². The van der Waals surface area contributed by atoms with Crippen molar-refractivity contribution in [2.24, 2.45) is 0 Å². The Bertz CT molecular complexity index is 811. The largest absolute Gasteiger partial charge is 0.494 e. The molecule has 1 aliphatic heterocycles. The number of rotatable bonds is 9. The molecule has 0 bridgehead atoms. The zero-order chi connectivity index (χ0) is 20.5. The predicted molar refractivity (Wildman–Crippen MR) is 121 cm³/mol. The second-order valence-corrected chi connectivity index (χ2v) is 9.98. The number of nitrogens with zero attached hydrogens (tertiary/aromatic N) is 2. The summed E-state index contributed by atoms with van der Waals surface area (Å²) in [7, 11) is -2.79. The molecule has 1 fully saturated rings. The normalized spacial score (nSPS) is 17.8. The fourth-order valence-electron chi connectivity index (χ4n) is 3.56. The zero-order valence-corrected chi connectivity index (χ0v) is 18.3. The van der Waals surface area contributed by atoms with Gasteiger partial charge in [-0.2, -0.15) is 0 Å². The molecule has 154 valence electrons. The number of hydrogen-bond acceptors (Lipinski definition) is 2. The van der Waals surface area contributed by atoms with Crippen LogP contribution in [0.25, 0.3) is 0 Å².